The van der Waals surface area contributed by atoms with Crippen LogP contribution >= 0.6 is 0 Å². The SMILES string of the molecule is CCc1ccc(S(=O)(=O)NC2=CCC(C(=O)O)C(O)=C2)cc1. The van der Waals surface area contributed by atoms with Crippen molar-refractivity contribution in [3.8, 4) is 0 Å². The third-order valence-electron chi connectivity index (χ3n) is 3.43. The molecular weight excluding hydrogens is 306 g/mol. The van der Waals surface area contributed by atoms with Crippen LogP contribution in [0.25, 0.3) is 0 Å². The van der Waals surface area contributed by atoms with Gasteiger partial charge in [-0.15, -0.1) is 0 Å². The number of rotatable bonds is 5. The third-order valence-corrected chi connectivity index (χ3v) is 4.82. The molecule has 3 N–H and O–H groups in total. The van der Waals surface area contributed by atoms with E-state index in [0.717, 1.165) is 18.1 Å². The predicted molar refractivity (Wildman–Crippen MR) is 80.7 cm³/mol. The summed E-state index contributed by atoms with van der Waals surface area (Å²) in [4.78, 5) is 11.0. The zero-order chi connectivity index (χ0) is 16.3. The van der Waals surface area contributed by atoms with Gasteiger partial charge >= 0.3 is 5.97 Å². The maximum Gasteiger partial charge on any atom is 0.314 e. The Morgan fingerprint density at radius 1 is 1.32 bits per heavy atom. The van der Waals surface area contributed by atoms with Crippen molar-refractivity contribution < 1.29 is 23.4 Å². The van der Waals surface area contributed by atoms with Gasteiger partial charge in [-0.1, -0.05) is 25.1 Å². The van der Waals surface area contributed by atoms with Crippen LogP contribution in [-0.4, -0.2) is 24.6 Å². The zero-order valence-electron chi connectivity index (χ0n) is 12.0. The molecule has 6 nitrogen and oxygen atoms in total. The highest BCUT2D eigenvalue weighted by Gasteiger charge is 2.25. The molecule has 0 saturated carbocycles. The number of carboxylic acids is 1. The summed E-state index contributed by atoms with van der Waals surface area (Å²) >= 11 is 0. The fourth-order valence-electron chi connectivity index (χ4n) is 2.10. The molecule has 7 heteroatoms. The molecule has 1 aliphatic carbocycles. The molecule has 0 bridgehead atoms. The Balaban J connectivity index is 2.17. The van der Waals surface area contributed by atoms with E-state index in [-0.39, 0.29) is 22.8 Å². The van der Waals surface area contributed by atoms with Crippen molar-refractivity contribution in [1.82, 2.24) is 4.72 Å². The number of allylic oxidation sites excluding steroid dienone is 2. The number of carbonyl (C=O) groups is 1. The van der Waals surface area contributed by atoms with E-state index in [2.05, 4.69) is 4.72 Å². The lowest BCUT2D eigenvalue weighted by Crippen LogP contribution is -2.26. The van der Waals surface area contributed by atoms with Crippen LogP contribution in [0.4, 0.5) is 0 Å². The highest BCUT2D eigenvalue weighted by atomic mass is 32.2. The summed E-state index contributed by atoms with van der Waals surface area (Å²) in [6, 6.07) is 6.48. The van der Waals surface area contributed by atoms with E-state index in [1.165, 1.54) is 18.2 Å². The summed E-state index contributed by atoms with van der Waals surface area (Å²) in [7, 11) is -3.77. The average molecular weight is 323 g/mol. The number of aliphatic hydroxyl groups is 1. The van der Waals surface area contributed by atoms with E-state index in [0.29, 0.717) is 0 Å². The predicted octanol–water partition coefficient (Wildman–Crippen LogP) is 1.96. The second kappa shape index (κ2) is 6.23. The van der Waals surface area contributed by atoms with Crippen molar-refractivity contribution in [2.45, 2.75) is 24.7 Å². The van der Waals surface area contributed by atoms with Crippen LogP contribution in [0, 0.1) is 5.92 Å². The molecule has 1 unspecified atom stereocenters. The van der Waals surface area contributed by atoms with Gasteiger partial charge in [0.15, 0.2) is 0 Å². The number of aliphatic hydroxyl groups excluding tert-OH is 1. The summed E-state index contributed by atoms with van der Waals surface area (Å²) in [5.41, 5.74) is 1.19. The van der Waals surface area contributed by atoms with Crippen molar-refractivity contribution in [1.29, 1.82) is 0 Å². The minimum absolute atomic E-state index is 0.0320. The fraction of sp³-hybridized carbons (Fsp3) is 0.267. The quantitative estimate of drug-likeness (QED) is 0.768. The first-order valence-corrected chi connectivity index (χ1v) is 8.27. The molecule has 0 aromatic heterocycles. The van der Waals surface area contributed by atoms with Crippen molar-refractivity contribution in [3.63, 3.8) is 0 Å². The van der Waals surface area contributed by atoms with Crippen molar-refractivity contribution >= 4 is 16.0 Å². The Morgan fingerprint density at radius 2 is 1.95 bits per heavy atom. The molecule has 0 spiro atoms. The van der Waals surface area contributed by atoms with Crippen LogP contribution in [0.15, 0.2) is 52.8 Å². The summed E-state index contributed by atoms with van der Waals surface area (Å²) in [5.74, 6) is -2.55. The number of hydrogen-bond acceptors (Lipinski definition) is 4. The molecule has 1 aliphatic rings. The number of benzene rings is 1. The van der Waals surface area contributed by atoms with E-state index >= 15 is 0 Å². The lowest BCUT2D eigenvalue weighted by atomic mass is 9.98. The number of aliphatic carboxylic acids is 1. The molecule has 0 amide bonds. The fourth-order valence-corrected chi connectivity index (χ4v) is 3.17. The smallest absolute Gasteiger partial charge is 0.314 e. The molecule has 0 heterocycles. The zero-order valence-corrected chi connectivity index (χ0v) is 12.8. The van der Waals surface area contributed by atoms with Crippen LogP contribution in [0.1, 0.15) is 18.9 Å². The van der Waals surface area contributed by atoms with Crippen molar-refractivity contribution in [2.75, 3.05) is 0 Å². The lowest BCUT2D eigenvalue weighted by molar-refractivity contribution is -0.141. The lowest BCUT2D eigenvalue weighted by Gasteiger charge is -2.17. The van der Waals surface area contributed by atoms with Crippen molar-refractivity contribution in [2.24, 2.45) is 5.92 Å². The van der Waals surface area contributed by atoms with Gasteiger partial charge < -0.3 is 10.2 Å². The largest absolute Gasteiger partial charge is 0.511 e. The Morgan fingerprint density at radius 3 is 2.45 bits per heavy atom. The molecule has 1 atom stereocenters. The van der Waals surface area contributed by atoms with Gasteiger partial charge in [-0.3, -0.25) is 9.52 Å². The van der Waals surface area contributed by atoms with E-state index in [1.54, 1.807) is 12.1 Å². The highest BCUT2D eigenvalue weighted by Crippen LogP contribution is 2.22. The van der Waals surface area contributed by atoms with Gasteiger partial charge in [0.05, 0.1) is 4.90 Å². The molecule has 0 saturated heterocycles. The molecule has 22 heavy (non-hydrogen) atoms. The molecule has 0 radical (unpaired) electrons. The van der Waals surface area contributed by atoms with Gasteiger partial charge in [0.2, 0.25) is 0 Å². The minimum atomic E-state index is -3.77. The first-order chi connectivity index (χ1) is 10.3. The maximum atomic E-state index is 12.2. The second-order valence-electron chi connectivity index (χ2n) is 4.96. The maximum absolute atomic E-state index is 12.2. The number of nitrogens with one attached hydrogen (secondary N) is 1. The molecule has 0 fully saturated rings. The van der Waals surface area contributed by atoms with E-state index in [4.69, 9.17) is 5.11 Å². The normalized spacial score (nSPS) is 18.3. The average Bonchev–Trinajstić information content (AvgIpc) is 2.46. The van der Waals surface area contributed by atoms with Gasteiger partial charge in [0, 0.05) is 11.8 Å². The van der Waals surface area contributed by atoms with Crippen LogP contribution in [-0.2, 0) is 21.2 Å². The van der Waals surface area contributed by atoms with Gasteiger partial charge in [-0.2, -0.15) is 0 Å². The standard InChI is InChI=1S/C15H17NO5S/c1-2-10-3-6-12(7-4-10)22(20,21)16-11-5-8-13(15(18)19)14(17)9-11/h3-7,9,13,16-17H,2,8H2,1H3,(H,18,19). The van der Waals surface area contributed by atoms with Gasteiger partial charge in [-0.05, 0) is 30.5 Å². The monoisotopic (exact) mass is 323 g/mol. The Bertz CT molecular complexity index is 732. The van der Waals surface area contributed by atoms with Crippen LogP contribution in [0.3, 0.4) is 0 Å². The Kier molecular flexibility index (Phi) is 4.56. The van der Waals surface area contributed by atoms with Crippen molar-refractivity contribution in [3.05, 3.63) is 53.4 Å². The van der Waals surface area contributed by atoms with Gasteiger partial charge in [0.25, 0.3) is 10.0 Å². The second-order valence-corrected chi connectivity index (χ2v) is 6.64. The minimum Gasteiger partial charge on any atom is -0.511 e. The third kappa shape index (κ3) is 3.48. The van der Waals surface area contributed by atoms with E-state index in [1.807, 2.05) is 6.92 Å². The Hall–Kier alpha value is -2.28. The van der Waals surface area contributed by atoms with Gasteiger partial charge in [0.1, 0.15) is 11.7 Å². The van der Waals surface area contributed by atoms with Crippen LogP contribution in [0.5, 0.6) is 0 Å². The number of sulfonamides is 1. The first-order valence-electron chi connectivity index (χ1n) is 6.78. The molecule has 1 aromatic rings. The topological polar surface area (TPSA) is 104 Å². The molecular formula is C15H17NO5S. The van der Waals surface area contributed by atoms with Crippen LogP contribution < -0.4 is 4.72 Å². The number of carboxylic acid groups (broad SMARTS) is 1. The first kappa shape index (κ1) is 16.1. The molecule has 2 rings (SSSR count). The summed E-state index contributed by atoms with van der Waals surface area (Å²) in [6.45, 7) is 1.97. The summed E-state index contributed by atoms with van der Waals surface area (Å²) in [6.07, 6.45) is 3.41. The summed E-state index contributed by atoms with van der Waals surface area (Å²) < 4.78 is 26.8. The highest BCUT2D eigenvalue weighted by molar-refractivity contribution is 7.89. The number of aryl methyl sites for hydroxylation is 1. The van der Waals surface area contributed by atoms with E-state index in [9.17, 15) is 18.3 Å². The van der Waals surface area contributed by atoms with Gasteiger partial charge in [-0.25, -0.2) is 8.42 Å². The molecule has 1 aromatic carbocycles. The molecule has 0 aliphatic heterocycles. The molecule has 118 valence electrons. The Labute approximate surface area is 128 Å². The summed E-state index contributed by atoms with van der Waals surface area (Å²) in [5, 5.41) is 18.5. The van der Waals surface area contributed by atoms with E-state index < -0.39 is 21.9 Å². The van der Waals surface area contributed by atoms with Crippen LogP contribution in [0.2, 0.25) is 0 Å². The number of hydrogen-bond donors (Lipinski definition) is 3.